The number of rotatable bonds is 0. The minimum absolute atomic E-state index is 1.83. The number of hydrogen-bond donors (Lipinski definition) is 2. The van der Waals surface area contributed by atoms with E-state index in [9.17, 15) is 52.7 Å². The topological polar surface area (TPSA) is 57.5 Å². The second-order valence-electron chi connectivity index (χ2n) is 2.27. The molecule has 0 saturated heterocycles. The Balaban J connectivity index is -0.000000230. The summed E-state index contributed by atoms with van der Waals surface area (Å²) in [4.78, 5) is 8.56. The highest BCUT2D eigenvalue weighted by atomic mass is 19.5. The van der Waals surface area contributed by atoms with Crippen LogP contribution in [0.2, 0.25) is 0 Å². The second-order valence-corrected chi connectivity index (χ2v) is 2.27. The van der Waals surface area contributed by atoms with E-state index in [0.29, 0.717) is 0 Å². The molecule has 0 rings (SSSR count). The van der Waals surface area contributed by atoms with Gasteiger partial charge in [-0.2, -0.15) is 52.7 Å². The molecule has 20 heavy (non-hydrogen) atoms. The van der Waals surface area contributed by atoms with Gasteiger partial charge in [-0.3, -0.25) is 0 Å². The Morgan fingerprint density at radius 1 is 0.500 bits per heavy atom. The zero-order valence-corrected chi connectivity index (χ0v) is 8.34. The molecule has 0 amide bonds. The van der Waals surface area contributed by atoms with Crippen molar-refractivity contribution in [1.29, 1.82) is 0 Å². The molecule has 0 fully saturated rings. The monoisotopic (exact) mass is 338 g/mol. The highest BCUT2D eigenvalue weighted by molar-refractivity contribution is 5.53. The lowest BCUT2D eigenvalue weighted by molar-refractivity contribution is -0.339. The van der Waals surface area contributed by atoms with Gasteiger partial charge in [0.15, 0.2) is 0 Å². The van der Waals surface area contributed by atoms with Gasteiger partial charge in [0.2, 0.25) is 0 Å². The van der Waals surface area contributed by atoms with E-state index in [2.05, 4.69) is 0 Å². The van der Waals surface area contributed by atoms with Gasteiger partial charge in [-0.15, -0.1) is 0 Å². The van der Waals surface area contributed by atoms with Crippen LogP contribution in [0.15, 0.2) is 0 Å². The summed E-state index contributed by atoms with van der Waals surface area (Å²) in [7, 11) is 0. The van der Waals surface area contributed by atoms with Gasteiger partial charge in [0, 0.05) is 0 Å². The number of halogens is 12. The molecule has 0 aromatic carbocycles. The Kier molecular flexibility index (Phi) is 8.56. The van der Waals surface area contributed by atoms with Crippen molar-refractivity contribution in [2.24, 2.45) is 0 Å². The fraction of sp³-hybridized carbons (Fsp3) is 0.800. The van der Waals surface area contributed by atoms with E-state index in [1.54, 1.807) is 0 Å². The van der Waals surface area contributed by atoms with E-state index in [4.69, 9.17) is 15.0 Å². The van der Waals surface area contributed by atoms with Crippen molar-refractivity contribution in [3.05, 3.63) is 0 Å². The Labute approximate surface area is 99.9 Å². The smallest absolute Gasteiger partial charge is 0.450 e. The van der Waals surface area contributed by atoms with Crippen molar-refractivity contribution in [1.82, 2.24) is 0 Å². The number of hydrogen-bond acceptors (Lipinski definition) is 1. The number of carboxylic acid groups (broad SMARTS) is 2. The van der Waals surface area contributed by atoms with Gasteiger partial charge in [0.25, 0.3) is 0 Å². The van der Waals surface area contributed by atoms with E-state index >= 15 is 0 Å². The lowest BCUT2D eigenvalue weighted by atomic mass is 10.7. The fourth-order valence-electron chi connectivity index (χ4n) is 0. The highest BCUT2D eigenvalue weighted by Crippen LogP contribution is 2.36. The van der Waals surface area contributed by atoms with Crippen LogP contribution in [0, 0.1) is 0 Å². The summed E-state index contributed by atoms with van der Waals surface area (Å²) >= 11 is 0. The zero-order valence-electron chi connectivity index (χ0n) is 8.34. The molecule has 0 aromatic rings. The van der Waals surface area contributed by atoms with Gasteiger partial charge in [-0.1, -0.05) is 0 Å². The summed E-state index contributed by atoms with van der Waals surface area (Å²) < 4.78 is 125. The van der Waals surface area contributed by atoms with Crippen molar-refractivity contribution in [2.45, 2.75) is 24.7 Å². The molecular formula is C5H2F12O3. The number of alkyl halides is 12. The second kappa shape index (κ2) is 7.28. The molecule has 0 spiro atoms. The molecule has 0 unspecified atom stereocenters. The van der Waals surface area contributed by atoms with Crippen LogP contribution in [0.3, 0.4) is 0 Å². The van der Waals surface area contributed by atoms with Gasteiger partial charge in [0.05, 0.1) is 0 Å². The fourth-order valence-corrected chi connectivity index (χ4v) is 0. The zero-order chi connectivity index (χ0) is 17.6. The van der Waals surface area contributed by atoms with Crippen LogP contribution in [0.4, 0.5) is 57.5 Å². The van der Waals surface area contributed by atoms with Gasteiger partial charge >= 0.3 is 30.9 Å². The van der Waals surface area contributed by atoms with Gasteiger partial charge in [0.1, 0.15) is 0 Å². The third-order valence-electron chi connectivity index (χ3n) is 0.643. The SMILES string of the molecule is FC(F)(F)C(F)(F)F.FC(F)(F)C(F)(F)F.O=C(O)O. The van der Waals surface area contributed by atoms with Gasteiger partial charge < -0.3 is 10.2 Å². The summed E-state index contributed by atoms with van der Waals surface area (Å²) in [6, 6.07) is 0. The summed E-state index contributed by atoms with van der Waals surface area (Å²) in [6.45, 7) is 0. The quantitative estimate of drug-likeness (QED) is 0.642. The molecule has 0 bridgehead atoms. The molecule has 0 aliphatic carbocycles. The predicted octanol–water partition coefficient (Wildman–Crippen LogP) is 4.44. The molecule has 3 nitrogen and oxygen atoms in total. The normalized spacial score (nSPS) is 12.6. The summed E-state index contributed by atoms with van der Waals surface area (Å²) in [6.07, 6.45) is -26.1. The van der Waals surface area contributed by atoms with Crippen LogP contribution in [0.5, 0.6) is 0 Å². The Bertz CT molecular complexity index is 227. The van der Waals surface area contributed by atoms with Crippen LogP contribution >= 0.6 is 0 Å². The maximum absolute atomic E-state index is 10.4. The summed E-state index contributed by atoms with van der Waals surface area (Å²) in [5.41, 5.74) is 0. The molecule has 0 radical (unpaired) electrons. The predicted molar refractivity (Wildman–Crippen MR) is 34.9 cm³/mol. The summed E-state index contributed by atoms with van der Waals surface area (Å²) in [5, 5.41) is 13.9. The van der Waals surface area contributed by atoms with Crippen molar-refractivity contribution < 1.29 is 67.7 Å². The van der Waals surface area contributed by atoms with Crippen LogP contribution in [0.1, 0.15) is 0 Å². The van der Waals surface area contributed by atoms with E-state index in [1.165, 1.54) is 0 Å². The third kappa shape index (κ3) is 14.5. The molecule has 0 heterocycles. The minimum Gasteiger partial charge on any atom is -0.450 e. The van der Waals surface area contributed by atoms with Gasteiger partial charge in [-0.05, 0) is 0 Å². The minimum atomic E-state index is -6.06. The molecule has 124 valence electrons. The lowest BCUT2D eigenvalue weighted by Gasteiger charge is -2.08. The van der Waals surface area contributed by atoms with Crippen molar-refractivity contribution in [3.63, 3.8) is 0 Å². The molecule has 0 atom stereocenters. The maximum Gasteiger partial charge on any atom is 0.503 e. The number of carbonyl (C=O) groups is 1. The Hall–Kier alpha value is -1.57. The Morgan fingerprint density at radius 3 is 0.550 bits per heavy atom. The van der Waals surface area contributed by atoms with Crippen molar-refractivity contribution in [3.8, 4) is 0 Å². The van der Waals surface area contributed by atoms with Crippen LogP contribution in [-0.4, -0.2) is 41.1 Å². The van der Waals surface area contributed by atoms with Gasteiger partial charge in [-0.25, -0.2) is 4.79 Å². The Morgan fingerprint density at radius 2 is 0.550 bits per heavy atom. The van der Waals surface area contributed by atoms with E-state index < -0.39 is 30.9 Å². The molecule has 0 saturated carbocycles. The first-order valence-corrected chi connectivity index (χ1v) is 3.42. The molecule has 2 N–H and O–H groups in total. The van der Waals surface area contributed by atoms with E-state index in [-0.39, 0.29) is 0 Å². The first-order valence-electron chi connectivity index (χ1n) is 3.42. The van der Waals surface area contributed by atoms with E-state index in [1.807, 2.05) is 0 Å². The average Bonchev–Trinajstić information content (AvgIpc) is 1.94. The average molecular weight is 338 g/mol. The van der Waals surface area contributed by atoms with Crippen molar-refractivity contribution >= 4 is 6.16 Å². The molecule has 0 aromatic heterocycles. The van der Waals surface area contributed by atoms with Crippen molar-refractivity contribution in [2.75, 3.05) is 0 Å². The van der Waals surface area contributed by atoms with E-state index in [0.717, 1.165) is 0 Å². The first kappa shape index (κ1) is 23.5. The van der Waals surface area contributed by atoms with Crippen LogP contribution < -0.4 is 0 Å². The molecule has 0 aliphatic heterocycles. The molecule has 0 aliphatic rings. The maximum atomic E-state index is 10.4. The molecular weight excluding hydrogens is 336 g/mol. The summed E-state index contributed by atoms with van der Waals surface area (Å²) in [5.74, 6) is 0. The largest absolute Gasteiger partial charge is 0.503 e. The molecule has 15 heteroatoms. The van der Waals surface area contributed by atoms with Crippen LogP contribution in [0.25, 0.3) is 0 Å². The lowest BCUT2D eigenvalue weighted by Crippen LogP contribution is -2.30. The third-order valence-corrected chi connectivity index (χ3v) is 0.643. The van der Waals surface area contributed by atoms with Crippen LogP contribution in [-0.2, 0) is 0 Å². The highest BCUT2D eigenvalue weighted by Gasteiger charge is 2.59. The first-order chi connectivity index (χ1) is 8.23. The standard InChI is InChI=1S/2C2F6.CH2O3/c2*3-1(4,5)2(6,7)8;2-1(3)4/h;;(H2,2,3,4).